The van der Waals surface area contributed by atoms with E-state index in [2.05, 4.69) is 5.32 Å². The second kappa shape index (κ2) is 7.20. The smallest absolute Gasteiger partial charge is 0.270 e. The number of benzene rings is 2. The Labute approximate surface area is 149 Å². The van der Waals surface area contributed by atoms with Crippen molar-refractivity contribution in [1.29, 1.82) is 0 Å². The minimum absolute atomic E-state index is 0.137. The molecule has 1 amide bonds. The number of aryl methyl sites for hydroxylation is 1. The number of hydrogen-bond donors (Lipinski definition) is 2. The van der Waals surface area contributed by atoms with E-state index in [4.69, 9.17) is 9.52 Å². The number of nitrogens with zero attached hydrogens (tertiary/aromatic N) is 1. The van der Waals surface area contributed by atoms with Gasteiger partial charge in [0.05, 0.1) is 4.92 Å². The van der Waals surface area contributed by atoms with Crippen molar-refractivity contribution in [2.45, 2.75) is 13.5 Å². The quantitative estimate of drug-likeness (QED) is 0.535. The highest BCUT2D eigenvalue weighted by Crippen LogP contribution is 2.28. The molecule has 1 aromatic heterocycles. The molecule has 3 rings (SSSR count). The molecule has 7 nitrogen and oxygen atoms in total. The third-order valence-electron chi connectivity index (χ3n) is 3.89. The summed E-state index contributed by atoms with van der Waals surface area (Å²) in [6.07, 6.45) is 0. The number of non-ortho nitro benzene ring substituents is 1. The van der Waals surface area contributed by atoms with Gasteiger partial charge in [-0.3, -0.25) is 14.9 Å². The fourth-order valence-corrected chi connectivity index (χ4v) is 2.59. The second-order valence-corrected chi connectivity index (χ2v) is 5.72. The Balaban J connectivity index is 1.80. The van der Waals surface area contributed by atoms with Crippen LogP contribution in [0.4, 0.5) is 11.4 Å². The summed E-state index contributed by atoms with van der Waals surface area (Å²) in [5, 5.41) is 22.6. The van der Waals surface area contributed by atoms with E-state index in [0.29, 0.717) is 17.2 Å². The molecule has 0 fully saturated rings. The standard InChI is InChI=1S/C19H16N2O5/c1-12-9-14(5-7-17(12)18-8-6-16(11-22)26-18)20-19(23)13-3-2-4-15(10-13)21(24)25/h2-10,22H,11H2,1H3,(H,20,23). The van der Waals surface area contributed by atoms with Crippen molar-refractivity contribution in [2.24, 2.45) is 0 Å². The van der Waals surface area contributed by atoms with Gasteiger partial charge >= 0.3 is 0 Å². The van der Waals surface area contributed by atoms with Crippen molar-refractivity contribution in [3.8, 4) is 11.3 Å². The number of carbonyl (C=O) groups excluding carboxylic acids is 1. The van der Waals surface area contributed by atoms with Crippen LogP contribution in [0, 0.1) is 17.0 Å². The van der Waals surface area contributed by atoms with Crippen molar-refractivity contribution < 1.29 is 19.2 Å². The SMILES string of the molecule is Cc1cc(NC(=O)c2cccc([N+](=O)[O-])c2)ccc1-c1ccc(CO)o1. The number of furan rings is 1. The van der Waals surface area contributed by atoms with Crippen molar-refractivity contribution in [1.82, 2.24) is 0 Å². The van der Waals surface area contributed by atoms with Gasteiger partial charge in [0.25, 0.3) is 11.6 Å². The molecule has 0 aliphatic rings. The zero-order valence-corrected chi connectivity index (χ0v) is 13.9. The van der Waals surface area contributed by atoms with E-state index in [9.17, 15) is 14.9 Å². The minimum atomic E-state index is -0.542. The number of nitro benzene ring substituents is 1. The van der Waals surface area contributed by atoms with Crippen LogP contribution in [0.3, 0.4) is 0 Å². The molecule has 0 bridgehead atoms. The highest BCUT2D eigenvalue weighted by atomic mass is 16.6. The van der Waals surface area contributed by atoms with Gasteiger partial charge in [-0.05, 0) is 48.9 Å². The van der Waals surface area contributed by atoms with E-state index in [1.165, 1.54) is 24.3 Å². The molecule has 0 saturated carbocycles. The first-order chi connectivity index (χ1) is 12.5. The lowest BCUT2D eigenvalue weighted by atomic mass is 10.1. The van der Waals surface area contributed by atoms with Gasteiger partial charge in [-0.25, -0.2) is 0 Å². The minimum Gasteiger partial charge on any atom is -0.459 e. The van der Waals surface area contributed by atoms with Gasteiger partial charge in [-0.15, -0.1) is 0 Å². The first-order valence-electron chi connectivity index (χ1n) is 7.84. The van der Waals surface area contributed by atoms with Crippen LogP contribution < -0.4 is 5.32 Å². The first-order valence-corrected chi connectivity index (χ1v) is 7.84. The molecule has 2 aromatic carbocycles. The Kier molecular flexibility index (Phi) is 4.81. The Morgan fingerprint density at radius 2 is 2.00 bits per heavy atom. The van der Waals surface area contributed by atoms with Crippen LogP contribution in [-0.2, 0) is 6.61 Å². The normalized spacial score (nSPS) is 10.5. The highest BCUT2D eigenvalue weighted by molar-refractivity contribution is 6.04. The van der Waals surface area contributed by atoms with Crippen LogP contribution in [0.1, 0.15) is 21.7 Å². The molecule has 26 heavy (non-hydrogen) atoms. The van der Waals surface area contributed by atoms with Gasteiger partial charge in [0.2, 0.25) is 0 Å². The summed E-state index contributed by atoms with van der Waals surface area (Å²) in [5.74, 6) is 0.673. The van der Waals surface area contributed by atoms with Crippen LogP contribution in [0.2, 0.25) is 0 Å². The van der Waals surface area contributed by atoms with Crippen LogP contribution in [0.25, 0.3) is 11.3 Å². The summed E-state index contributed by atoms with van der Waals surface area (Å²) in [4.78, 5) is 22.6. The lowest BCUT2D eigenvalue weighted by molar-refractivity contribution is -0.384. The van der Waals surface area contributed by atoms with Gasteiger partial charge in [0, 0.05) is 28.9 Å². The van der Waals surface area contributed by atoms with E-state index in [1.807, 2.05) is 6.92 Å². The molecule has 0 aliphatic carbocycles. The first kappa shape index (κ1) is 17.4. The summed E-state index contributed by atoms with van der Waals surface area (Å²) < 4.78 is 5.52. The maximum absolute atomic E-state index is 12.3. The molecule has 0 spiro atoms. The van der Waals surface area contributed by atoms with Crippen LogP contribution >= 0.6 is 0 Å². The molecule has 1 heterocycles. The molecule has 0 radical (unpaired) electrons. The van der Waals surface area contributed by atoms with Gasteiger partial charge in [-0.2, -0.15) is 0 Å². The molecule has 132 valence electrons. The zero-order chi connectivity index (χ0) is 18.7. The highest BCUT2D eigenvalue weighted by Gasteiger charge is 2.13. The van der Waals surface area contributed by atoms with Gasteiger partial charge in [0.15, 0.2) is 0 Å². The maximum Gasteiger partial charge on any atom is 0.270 e. The Morgan fingerprint density at radius 1 is 1.19 bits per heavy atom. The number of aliphatic hydroxyl groups excluding tert-OH is 1. The van der Waals surface area contributed by atoms with Crippen molar-refractivity contribution >= 4 is 17.3 Å². The molecular weight excluding hydrogens is 336 g/mol. The monoisotopic (exact) mass is 352 g/mol. The lowest BCUT2D eigenvalue weighted by Gasteiger charge is -2.09. The molecule has 2 N–H and O–H groups in total. The van der Waals surface area contributed by atoms with E-state index in [0.717, 1.165) is 11.1 Å². The number of rotatable bonds is 5. The van der Waals surface area contributed by atoms with Crippen LogP contribution in [-0.4, -0.2) is 15.9 Å². The van der Waals surface area contributed by atoms with E-state index >= 15 is 0 Å². The molecule has 7 heteroatoms. The van der Waals surface area contributed by atoms with E-state index in [-0.39, 0.29) is 17.9 Å². The molecular formula is C19H16N2O5. The number of carbonyl (C=O) groups is 1. The van der Waals surface area contributed by atoms with Crippen LogP contribution in [0.5, 0.6) is 0 Å². The van der Waals surface area contributed by atoms with Crippen molar-refractivity contribution in [3.63, 3.8) is 0 Å². The summed E-state index contributed by atoms with van der Waals surface area (Å²) in [6, 6.07) is 14.3. The summed E-state index contributed by atoms with van der Waals surface area (Å²) in [5.41, 5.74) is 2.36. The number of aliphatic hydroxyl groups is 1. The van der Waals surface area contributed by atoms with Crippen molar-refractivity contribution in [3.05, 3.63) is 81.6 Å². The molecule has 0 atom stereocenters. The second-order valence-electron chi connectivity index (χ2n) is 5.72. The maximum atomic E-state index is 12.3. The number of amides is 1. The third kappa shape index (κ3) is 3.62. The van der Waals surface area contributed by atoms with Gasteiger partial charge in [0.1, 0.15) is 18.1 Å². The molecule has 0 aliphatic heterocycles. The average Bonchev–Trinajstić information content (AvgIpc) is 3.10. The number of anilines is 1. The fourth-order valence-electron chi connectivity index (χ4n) is 2.59. The summed E-state index contributed by atoms with van der Waals surface area (Å²) >= 11 is 0. The van der Waals surface area contributed by atoms with Crippen LogP contribution in [0.15, 0.2) is 59.0 Å². The Morgan fingerprint density at radius 3 is 2.65 bits per heavy atom. The third-order valence-corrected chi connectivity index (χ3v) is 3.89. The van der Waals surface area contributed by atoms with Crippen molar-refractivity contribution in [2.75, 3.05) is 5.32 Å². The van der Waals surface area contributed by atoms with Gasteiger partial charge < -0.3 is 14.8 Å². The lowest BCUT2D eigenvalue weighted by Crippen LogP contribution is -2.12. The van der Waals surface area contributed by atoms with Gasteiger partial charge in [-0.1, -0.05) is 6.07 Å². The largest absolute Gasteiger partial charge is 0.459 e. The van der Waals surface area contributed by atoms with E-state index in [1.54, 1.807) is 30.3 Å². The predicted molar refractivity (Wildman–Crippen MR) is 95.9 cm³/mol. The molecule has 0 saturated heterocycles. The predicted octanol–water partition coefficient (Wildman–Crippen LogP) is 3.91. The number of nitrogens with one attached hydrogen (secondary N) is 1. The number of nitro groups is 1. The molecule has 0 unspecified atom stereocenters. The molecule has 3 aromatic rings. The Hall–Kier alpha value is -3.45. The zero-order valence-electron chi connectivity index (χ0n) is 13.9. The van der Waals surface area contributed by atoms with E-state index < -0.39 is 10.8 Å². The average molecular weight is 352 g/mol. The Bertz CT molecular complexity index is 978. The number of hydrogen-bond acceptors (Lipinski definition) is 5. The fraction of sp³-hybridized carbons (Fsp3) is 0.105. The topological polar surface area (TPSA) is 106 Å². The summed E-state index contributed by atoms with van der Waals surface area (Å²) in [6.45, 7) is 1.70. The summed E-state index contributed by atoms with van der Waals surface area (Å²) in [7, 11) is 0.